The second-order valence-electron chi connectivity index (χ2n) is 6.85. The summed E-state index contributed by atoms with van der Waals surface area (Å²) in [5.74, 6) is 1.05. The molecule has 3 rings (SSSR count). The van der Waals surface area contributed by atoms with Crippen molar-refractivity contribution in [3.63, 3.8) is 0 Å². The average Bonchev–Trinajstić information content (AvgIpc) is 2.92. The summed E-state index contributed by atoms with van der Waals surface area (Å²) in [4.78, 5) is 12.8. The van der Waals surface area contributed by atoms with Crippen molar-refractivity contribution < 1.29 is 4.79 Å². The molecule has 1 heterocycles. The Bertz CT molecular complexity index is 654. The molecular weight excluding hydrogens is 284 g/mol. The van der Waals surface area contributed by atoms with Crippen molar-refractivity contribution in [3.8, 4) is 0 Å². The molecule has 1 saturated carbocycles. The van der Waals surface area contributed by atoms with Gasteiger partial charge in [0.1, 0.15) is 0 Å². The first kappa shape index (κ1) is 16.0. The van der Waals surface area contributed by atoms with Crippen molar-refractivity contribution in [2.75, 3.05) is 0 Å². The molecule has 1 aromatic carbocycles. The number of hydrogen-bond acceptors (Lipinski definition) is 2. The van der Waals surface area contributed by atoms with Crippen molar-refractivity contribution in [2.24, 2.45) is 5.92 Å². The summed E-state index contributed by atoms with van der Waals surface area (Å²) in [6.07, 6.45) is 6.96. The fourth-order valence-corrected chi connectivity index (χ4v) is 3.95. The molecule has 3 heteroatoms. The van der Waals surface area contributed by atoms with E-state index in [1.807, 2.05) is 26.0 Å². The van der Waals surface area contributed by atoms with Crippen LogP contribution in [0.3, 0.4) is 0 Å². The van der Waals surface area contributed by atoms with Crippen LogP contribution in [-0.2, 0) is 0 Å². The Hall–Kier alpha value is -1.90. The highest BCUT2D eigenvalue weighted by molar-refractivity contribution is 5.79. The van der Waals surface area contributed by atoms with E-state index >= 15 is 0 Å². The summed E-state index contributed by atoms with van der Waals surface area (Å²) < 4.78 is 1.59. The summed E-state index contributed by atoms with van der Waals surface area (Å²) >= 11 is 0. The molecule has 0 N–H and O–H groups in total. The Morgan fingerprint density at radius 3 is 2.48 bits per heavy atom. The van der Waals surface area contributed by atoms with E-state index in [2.05, 4.69) is 29.4 Å². The SMILES string of the molecule is Cc1cc(C)n(C(=O)CC(c2ccccc2)C2CCCCC2)n1. The van der Waals surface area contributed by atoms with Crippen molar-refractivity contribution in [3.05, 3.63) is 53.3 Å². The lowest BCUT2D eigenvalue weighted by atomic mass is 9.75. The molecule has 1 aliphatic carbocycles. The van der Waals surface area contributed by atoms with Crippen LogP contribution in [0.1, 0.15) is 66.2 Å². The molecule has 1 fully saturated rings. The van der Waals surface area contributed by atoms with E-state index in [0.29, 0.717) is 18.3 Å². The minimum absolute atomic E-state index is 0.120. The number of hydrogen-bond donors (Lipinski definition) is 0. The van der Waals surface area contributed by atoms with Gasteiger partial charge in [-0.2, -0.15) is 5.10 Å². The fourth-order valence-electron chi connectivity index (χ4n) is 3.95. The highest BCUT2D eigenvalue weighted by Crippen LogP contribution is 2.38. The molecule has 1 unspecified atom stereocenters. The van der Waals surface area contributed by atoms with E-state index in [9.17, 15) is 4.79 Å². The Labute approximate surface area is 138 Å². The lowest BCUT2D eigenvalue weighted by Crippen LogP contribution is -2.23. The Kier molecular flexibility index (Phi) is 4.94. The van der Waals surface area contributed by atoms with Crippen LogP contribution in [0, 0.1) is 19.8 Å². The van der Waals surface area contributed by atoms with Crippen LogP contribution in [0.4, 0.5) is 0 Å². The van der Waals surface area contributed by atoms with Gasteiger partial charge in [-0.05, 0) is 50.2 Å². The predicted molar refractivity (Wildman–Crippen MR) is 92.7 cm³/mol. The molecule has 0 bridgehead atoms. The van der Waals surface area contributed by atoms with E-state index in [4.69, 9.17) is 0 Å². The number of aryl methyl sites for hydroxylation is 2. The first-order valence-electron chi connectivity index (χ1n) is 8.76. The van der Waals surface area contributed by atoms with Gasteiger partial charge in [0.15, 0.2) is 0 Å². The molecule has 3 nitrogen and oxygen atoms in total. The molecule has 0 aliphatic heterocycles. The van der Waals surface area contributed by atoms with Crippen LogP contribution in [0.25, 0.3) is 0 Å². The lowest BCUT2D eigenvalue weighted by Gasteiger charge is -2.30. The molecule has 0 amide bonds. The number of benzene rings is 1. The van der Waals surface area contributed by atoms with Crippen molar-refractivity contribution >= 4 is 5.91 Å². The lowest BCUT2D eigenvalue weighted by molar-refractivity contribution is 0.0857. The number of nitrogens with zero attached hydrogens (tertiary/aromatic N) is 2. The normalized spacial score (nSPS) is 17.1. The monoisotopic (exact) mass is 310 g/mol. The van der Waals surface area contributed by atoms with Gasteiger partial charge in [-0.25, -0.2) is 4.68 Å². The third-order valence-electron chi connectivity index (χ3n) is 5.09. The molecule has 23 heavy (non-hydrogen) atoms. The third kappa shape index (κ3) is 3.72. The van der Waals surface area contributed by atoms with E-state index in [-0.39, 0.29) is 5.91 Å². The standard InChI is InChI=1S/C20H26N2O/c1-15-13-16(2)22(21-15)20(23)14-19(17-9-5-3-6-10-17)18-11-7-4-8-12-18/h3,5-6,9-10,13,18-19H,4,7-8,11-12,14H2,1-2H3. The summed E-state index contributed by atoms with van der Waals surface area (Å²) in [6.45, 7) is 3.89. The Morgan fingerprint density at radius 2 is 1.87 bits per heavy atom. The van der Waals surface area contributed by atoms with Crippen LogP contribution < -0.4 is 0 Å². The van der Waals surface area contributed by atoms with E-state index in [1.54, 1.807) is 4.68 Å². The molecule has 0 saturated heterocycles. The topological polar surface area (TPSA) is 34.9 Å². The molecule has 0 radical (unpaired) electrons. The van der Waals surface area contributed by atoms with Gasteiger partial charge in [-0.3, -0.25) is 4.79 Å². The zero-order valence-electron chi connectivity index (χ0n) is 14.2. The molecular formula is C20H26N2O. The Balaban J connectivity index is 1.83. The number of rotatable bonds is 4. The molecule has 1 aromatic heterocycles. The largest absolute Gasteiger partial charge is 0.273 e. The van der Waals surface area contributed by atoms with Crippen molar-refractivity contribution in [1.82, 2.24) is 9.78 Å². The fraction of sp³-hybridized carbons (Fsp3) is 0.500. The van der Waals surface area contributed by atoms with Gasteiger partial charge in [-0.15, -0.1) is 0 Å². The predicted octanol–water partition coefficient (Wildman–Crippen LogP) is 4.89. The smallest absolute Gasteiger partial charge is 0.247 e. The average molecular weight is 310 g/mol. The van der Waals surface area contributed by atoms with Crippen LogP contribution in [0.5, 0.6) is 0 Å². The molecule has 1 aliphatic rings. The van der Waals surface area contributed by atoms with Gasteiger partial charge in [-0.1, -0.05) is 49.6 Å². The van der Waals surface area contributed by atoms with Crippen molar-refractivity contribution in [2.45, 2.75) is 58.3 Å². The molecule has 2 aromatic rings. The second-order valence-corrected chi connectivity index (χ2v) is 6.85. The van der Waals surface area contributed by atoms with Crippen LogP contribution in [-0.4, -0.2) is 15.7 Å². The first-order valence-corrected chi connectivity index (χ1v) is 8.76. The number of carbonyl (C=O) groups excluding carboxylic acids is 1. The van der Waals surface area contributed by atoms with Gasteiger partial charge in [0, 0.05) is 12.1 Å². The summed E-state index contributed by atoms with van der Waals surface area (Å²) in [5, 5.41) is 4.37. The maximum atomic E-state index is 12.8. The van der Waals surface area contributed by atoms with Gasteiger partial charge in [0.25, 0.3) is 0 Å². The van der Waals surface area contributed by atoms with E-state index in [1.165, 1.54) is 37.7 Å². The quantitative estimate of drug-likeness (QED) is 0.805. The maximum Gasteiger partial charge on any atom is 0.247 e. The van der Waals surface area contributed by atoms with Gasteiger partial charge >= 0.3 is 0 Å². The minimum Gasteiger partial charge on any atom is -0.273 e. The number of aromatic nitrogens is 2. The summed E-state index contributed by atoms with van der Waals surface area (Å²) in [5.41, 5.74) is 3.14. The highest BCUT2D eigenvalue weighted by atomic mass is 16.2. The first-order chi connectivity index (χ1) is 11.1. The van der Waals surface area contributed by atoms with E-state index in [0.717, 1.165) is 11.4 Å². The Morgan fingerprint density at radius 1 is 1.17 bits per heavy atom. The second kappa shape index (κ2) is 7.12. The molecule has 122 valence electrons. The molecule has 1 atom stereocenters. The zero-order chi connectivity index (χ0) is 16.2. The van der Waals surface area contributed by atoms with Gasteiger partial charge in [0.05, 0.1) is 5.69 Å². The van der Waals surface area contributed by atoms with Crippen molar-refractivity contribution in [1.29, 1.82) is 0 Å². The summed E-state index contributed by atoms with van der Waals surface area (Å²) in [7, 11) is 0. The van der Waals surface area contributed by atoms with Crippen LogP contribution in [0.2, 0.25) is 0 Å². The zero-order valence-corrected chi connectivity index (χ0v) is 14.2. The summed E-state index contributed by atoms with van der Waals surface area (Å²) in [6, 6.07) is 12.5. The third-order valence-corrected chi connectivity index (χ3v) is 5.09. The van der Waals surface area contributed by atoms with Gasteiger partial charge < -0.3 is 0 Å². The maximum absolute atomic E-state index is 12.8. The van der Waals surface area contributed by atoms with Crippen LogP contribution >= 0.6 is 0 Å². The highest BCUT2D eigenvalue weighted by Gasteiger charge is 2.28. The molecule has 0 spiro atoms. The minimum atomic E-state index is 0.120. The number of carbonyl (C=O) groups is 1. The van der Waals surface area contributed by atoms with E-state index < -0.39 is 0 Å². The van der Waals surface area contributed by atoms with Crippen LogP contribution in [0.15, 0.2) is 36.4 Å². The van der Waals surface area contributed by atoms with Gasteiger partial charge in [0.2, 0.25) is 5.91 Å².